The zero-order valence-corrected chi connectivity index (χ0v) is 13.3. The molecular weight excluding hydrogens is 250 g/mol. The van der Waals surface area contributed by atoms with E-state index in [4.69, 9.17) is 0 Å². The number of nitrogens with one attached hydrogen (secondary N) is 2. The summed E-state index contributed by atoms with van der Waals surface area (Å²) in [6.07, 6.45) is 2.72. The summed E-state index contributed by atoms with van der Waals surface area (Å²) in [5.74, 6) is 0.300. The van der Waals surface area contributed by atoms with Gasteiger partial charge in [-0.15, -0.1) is 0 Å². The summed E-state index contributed by atoms with van der Waals surface area (Å²) in [4.78, 5) is 16.2. The third-order valence-electron chi connectivity index (χ3n) is 3.62. The molecule has 1 unspecified atom stereocenters. The molecule has 0 aliphatic rings. The van der Waals surface area contributed by atoms with Crippen molar-refractivity contribution in [3.63, 3.8) is 0 Å². The zero-order valence-electron chi connectivity index (χ0n) is 13.3. The Balaban J connectivity index is 2.59. The Morgan fingerprint density at radius 3 is 2.70 bits per heavy atom. The van der Waals surface area contributed by atoms with Gasteiger partial charge in [-0.1, -0.05) is 34.6 Å². The highest BCUT2D eigenvalue weighted by Crippen LogP contribution is 2.24. The Bertz CT molecular complexity index is 438. The summed E-state index contributed by atoms with van der Waals surface area (Å²) >= 11 is 0. The molecule has 0 aliphatic carbocycles. The molecule has 1 aromatic heterocycles. The molecule has 112 valence electrons. The van der Waals surface area contributed by atoms with Crippen molar-refractivity contribution in [1.82, 2.24) is 10.3 Å². The number of aromatic nitrogens is 1. The van der Waals surface area contributed by atoms with Gasteiger partial charge >= 0.3 is 0 Å². The summed E-state index contributed by atoms with van der Waals surface area (Å²) in [6, 6.07) is 3.68. The average molecular weight is 277 g/mol. The highest BCUT2D eigenvalue weighted by molar-refractivity contribution is 5.93. The van der Waals surface area contributed by atoms with Crippen molar-refractivity contribution >= 4 is 11.6 Å². The minimum Gasteiger partial charge on any atom is -0.385 e. The largest absolute Gasteiger partial charge is 0.385 e. The lowest BCUT2D eigenvalue weighted by Gasteiger charge is -2.27. The standard InChI is InChI=1S/C16H27N3O/c1-6-8-17-13-7-9-18-14(10-13)15(20)19-11-12(2)16(3,4)5/h7,9-10,12H,6,8,11H2,1-5H3,(H,17,18)(H,19,20). The Labute approximate surface area is 122 Å². The smallest absolute Gasteiger partial charge is 0.269 e. The number of carbonyl (C=O) groups excluding carboxylic acids is 1. The number of amides is 1. The van der Waals surface area contributed by atoms with Crippen LogP contribution in [-0.2, 0) is 0 Å². The van der Waals surface area contributed by atoms with E-state index in [-0.39, 0.29) is 11.3 Å². The Morgan fingerprint density at radius 2 is 2.10 bits per heavy atom. The normalized spacial score (nSPS) is 12.8. The number of anilines is 1. The second kappa shape index (κ2) is 7.27. The van der Waals surface area contributed by atoms with Gasteiger partial charge in [-0.2, -0.15) is 0 Å². The van der Waals surface area contributed by atoms with Crippen molar-refractivity contribution < 1.29 is 4.79 Å². The molecule has 1 heterocycles. The third-order valence-corrected chi connectivity index (χ3v) is 3.62. The van der Waals surface area contributed by atoms with Crippen molar-refractivity contribution in [2.24, 2.45) is 11.3 Å². The molecule has 4 heteroatoms. The minimum atomic E-state index is -0.110. The van der Waals surface area contributed by atoms with E-state index >= 15 is 0 Å². The molecule has 0 saturated heterocycles. The molecule has 0 bridgehead atoms. The van der Waals surface area contributed by atoms with E-state index in [1.165, 1.54) is 0 Å². The van der Waals surface area contributed by atoms with Gasteiger partial charge in [0, 0.05) is 25.0 Å². The molecule has 0 fully saturated rings. The molecule has 0 aliphatic heterocycles. The highest BCUT2D eigenvalue weighted by atomic mass is 16.1. The van der Waals surface area contributed by atoms with Gasteiger partial charge < -0.3 is 10.6 Å². The van der Waals surface area contributed by atoms with Crippen molar-refractivity contribution in [3.05, 3.63) is 24.0 Å². The maximum Gasteiger partial charge on any atom is 0.269 e. The van der Waals surface area contributed by atoms with Crippen molar-refractivity contribution in [3.8, 4) is 0 Å². The van der Waals surface area contributed by atoms with Crippen molar-refractivity contribution in [1.29, 1.82) is 0 Å². The number of carbonyl (C=O) groups is 1. The van der Waals surface area contributed by atoms with Gasteiger partial charge in [-0.05, 0) is 29.9 Å². The number of nitrogens with zero attached hydrogens (tertiary/aromatic N) is 1. The van der Waals surface area contributed by atoms with E-state index in [2.05, 4.69) is 50.2 Å². The van der Waals surface area contributed by atoms with E-state index in [0.717, 1.165) is 18.7 Å². The van der Waals surface area contributed by atoms with Gasteiger partial charge in [0.15, 0.2) is 0 Å². The number of rotatable bonds is 6. The van der Waals surface area contributed by atoms with Crippen LogP contribution in [0.25, 0.3) is 0 Å². The summed E-state index contributed by atoms with van der Waals surface area (Å²) < 4.78 is 0. The fourth-order valence-electron chi connectivity index (χ4n) is 1.58. The lowest BCUT2D eigenvalue weighted by atomic mass is 9.82. The first-order valence-corrected chi connectivity index (χ1v) is 7.32. The third kappa shape index (κ3) is 5.19. The molecular formula is C16H27N3O. The molecule has 2 N–H and O–H groups in total. The second-order valence-corrected chi connectivity index (χ2v) is 6.33. The molecule has 0 saturated carbocycles. The van der Waals surface area contributed by atoms with Gasteiger partial charge in [0.2, 0.25) is 0 Å². The van der Waals surface area contributed by atoms with Crippen molar-refractivity contribution in [2.45, 2.75) is 41.0 Å². The summed E-state index contributed by atoms with van der Waals surface area (Å²) in [7, 11) is 0. The maximum absolute atomic E-state index is 12.1. The molecule has 4 nitrogen and oxygen atoms in total. The van der Waals surface area contributed by atoms with Crippen LogP contribution in [0, 0.1) is 11.3 Å². The van der Waals surface area contributed by atoms with E-state index < -0.39 is 0 Å². The highest BCUT2D eigenvalue weighted by Gasteiger charge is 2.20. The Kier molecular flexibility index (Phi) is 5.99. The molecule has 0 spiro atoms. The van der Waals surface area contributed by atoms with Crippen LogP contribution in [-0.4, -0.2) is 24.0 Å². The zero-order chi connectivity index (χ0) is 15.2. The van der Waals surface area contributed by atoms with E-state index in [1.54, 1.807) is 12.3 Å². The molecule has 20 heavy (non-hydrogen) atoms. The minimum absolute atomic E-state index is 0.110. The first-order valence-electron chi connectivity index (χ1n) is 7.32. The maximum atomic E-state index is 12.1. The van der Waals surface area contributed by atoms with Gasteiger partial charge in [0.1, 0.15) is 5.69 Å². The summed E-state index contributed by atoms with van der Waals surface area (Å²) in [5.41, 5.74) is 1.59. The van der Waals surface area contributed by atoms with Gasteiger partial charge in [0.05, 0.1) is 0 Å². The van der Waals surface area contributed by atoms with E-state index in [9.17, 15) is 4.79 Å². The van der Waals surface area contributed by atoms with Crippen LogP contribution in [0.5, 0.6) is 0 Å². The first-order chi connectivity index (χ1) is 9.34. The topological polar surface area (TPSA) is 54.0 Å². The van der Waals surface area contributed by atoms with Crippen LogP contribution in [0.4, 0.5) is 5.69 Å². The predicted molar refractivity (Wildman–Crippen MR) is 84.0 cm³/mol. The number of hydrogen-bond donors (Lipinski definition) is 2. The molecule has 0 radical (unpaired) electrons. The summed E-state index contributed by atoms with van der Waals surface area (Å²) in [5, 5.41) is 6.22. The Morgan fingerprint density at radius 1 is 1.40 bits per heavy atom. The van der Waals surface area contributed by atoms with Gasteiger partial charge in [-0.3, -0.25) is 9.78 Å². The van der Waals surface area contributed by atoms with Crippen LogP contribution in [0.15, 0.2) is 18.3 Å². The van der Waals surface area contributed by atoms with Crippen LogP contribution >= 0.6 is 0 Å². The van der Waals surface area contributed by atoms with Crippen molar-refractivity contribution in [2.75, 3.05) is 18.4 Å². The SMILES string of the molecule is CCCNc1ccnc(C(=O)NCC(C)C(C)(C)C)c1. The van der Waals surface area contributed by atoms with Gasteiger partial charge in [-0.25, -0.2) is 0 Å². The van der Waals surface area contributed by atoms with Gasteiger partial charge in [0.25, 0.3) is 5.91 Å². The molecule has 1 rings (SSSR count). The predicted octanol–water partition coefficient (Wildman–Crippen LogP) is 3.32. The lowest BCUT2D eigenvalue weighted by molar-refractivity contribution is 0.0932. The van der Waals surface area contributed by atoms with E-state index in [1.807, 2.05) is 6.07 Å². The van der Waals surface area contributed by atoms with Crippen LogP contribution in [0.3, 0.4) is 0 Å². The van der Waals surface area contributed by atoms with Crippen LogP contribution < -0.4 is 10.6 Å². The molecule has 0 aromatic carbocycles. The molecule has 1 atom stereocenters. The van der Waals surface area contributed by atoms with Crippen LogP contribution in [0.1, 0.15) is 51.5 Å². The molecule has 1 aromatic rings. The lowest BCUT2D eigenvalue weighted by Crippen LogP contribution is -2.34. The fraction of sp³-hybridized carbons (Fsp3) is 0.625. The first kappa shape index (κ1) is 16.5. The van der Waals surface area contributed by atoms with Crippen LogP contribution in [0.2, 0.25) is 0 Å². The quantitative estimate of drug-likeness (QED) is 0.838. The summed E-state index contributed by atoms with van der Waals surface area (Å²) in [6.45, 7) is 12.3. The second-order valence-electron chi connectivity index (χ2n) is 6.33. The fourth-order valence-corrected chi connectivity index (χ4v) is 1.58. The monoisotopic (exact) mass is 277 g/mol. The molecule has 1 amide bonds. The number of pyridine rings is 1. The Hall–Kier alpha value is -1.58. The average Bonchev–Trinajstić information content (AvgIpc) is 2.41. The van der Waals surface area contributed by atoms with E-state index in [0.29, 0.717) is 18.2 Å². The number of hydrogen-bond acceptors (Lipinski definition) is 3.